The van der Waals surface area contributed by atoms with E-state index in [2.05, 4.69) is 11.8 Å². The van der Waals surface area contributed by atoms with Gasteiger partial charge in [-0.15, -0.1) is 0 Å². The highest BCUT2D eigenvalue weighted by Gasteiger charge is 2.14. The van der Waals surface area contributed by atoms with Crippen molar-refractivity contribution in [2.45, 2.75) is 45.1 Å². The summed E-state index contributed by atoms with van der Waals surface area (Å²) >= 11 is 0. The topological polar surface area (TPSA) is 32.7 Å². The largest absolute Gasteiger partial charge is 0.389 e. The van der Waals surface area contributed by atoms with Gasteiger partial charge in [0.1, 0.15) is 0 Å². The highest BCUT2D eigenvalue weighted by Crippen LogP contribution is 2.08. The molecule has 0 aromatic heterocycles. The SMILES string of the molecule is CCCCOC[C@H](O)CN1CCCCC1. The van der Waals surface area contributed by atoms with Crippen LogP contribution >= 0.6 is 0 Å². The average molecular weight is 215 g/mol. The molecule has 1 heterocycles. The molecule has 0 saturated carbocycles. The molecule has 0 radical (unpaired) electrons. The van der Waals surface area contributed by atoms with Gasteiger partial charge in [0.15, 0.2) is 0 Å². The van der Waals surface area contributed by atoms with E-state index in [0.29, 0.717) is 6.61 Å². The Morgan fingerprint density at radius 1 is 1.27 bits per heavy atom. The number of hydrogen-bond donors (Lipinski definition) is 1. The molecule has 1 rings (SSSR count). The predicted molar refractivity (Wildman–Crippen MR) is 62.0 cm³/mol. The van der Waals surface area contributed by atoms with E-state index in [1.54, 1.807) is 0 Å². The summed E-state index contributed by atoms with van der Waals surface area (Å²) < 4.78 is 5.40. The van der Waals surface area contributed by atoms with Crippen molar-refractivity contribution in [3.8, 4) is 0 Å². The van der Waals surface area contributed by atoms with Gasteiger partial charge in [-0.3, -0.25) is 0 Å². The molecule has 1 fully saturated rings. The van der Waals surface area contributed by atoms with Gasteiger partial charge in [0.2, 0.25) is 0 Å². The zero-order valence-corrected chi connectivity index (χ0v) is 9.95. The van der Waals surface area contributed by atoms with Crippen LogP contribution in [0, 0.1) is 0 Å². The first-order valence-corrected chi connectivity index (χ1v) is 6.31. The third-order valence-corrected chi connectivity index (χ3v) is 2.87. The first kappa shape index (κ1) is 12.9. The summed E-state index contributed by atoms with van der Waals surface area (Å²) in [6.07, 6.45) is 5.85. The molecule has 1 aliphatic rings. The van der Waals surface area contributed by atoms with Gasteiger partial charge in [0.05, 0.1) is 12.7 Å². The minimum absolute atomic E-state index is 0.306. The second-order valence-electron chi connectivity index (χ2n) is 4.44. The smallest absolute Gasteiger partial charge is 0.0900 e. The third kappa shape index (κ3) is 6.13. The number of aliphatic hydroxyl groups excluding tert-OH is 1. The maximum absolute atomic E-state index is 9.73. The lowest BCUT2D eigenvalue weighted by molar-refractivity contribution is 0.0128. The quantitative estimate of drug-likeness (QED) is 0.655. The zero-order chi connectivity index (χ0) is 10.9. The summed E-state index contributed by atoms with van der Waals surface area (Å²) in [5, 5.41) is 9.73. The summed E-state index contributed by atoms with van der Waals surface area (Å²) in [7, 11) is 0. The van der Waals surface area contributed by atoms with Crippen molar-refractivity contribution in [1.82, 2.24) is 4.90 Å². The van der Waals surface area contributed by atoms with E-state index >= 15 is 0 Å². The Hall–Kier alpha value is -0.120. The van der Waals surface area contributed by atoms with Gasteiger partial charge < -0.3 is 14.7 Å². The molecule has 1 aliphatic heterocycles. The van der Waals surface area contributed by atoms with E-state index in [-0.39, 0.29) is 6.10 Å². The van der Waals surface area contributed by atoms with E-state index < -0.39 is 0 Å². The van der Waals surface area contributed by atoms with Crippen LogP contribution in [0.25, 0.3) is 0 Å². The van der Waals surface area contributed by atoms with Gasteiger partial charge in [-0.1, -0.05) is 19.8 Å². The number of β-amino-alcohol motifs (C(OH)–C–C–N with tert-alkyl or cyclic N) is 1. The molecule has 0 aromatic rings. The molecule has 1 saturated heterocycles. The van der Waals surface area contributed by atoms with Crippen LogP contribution in [0.15, 0.2) is 0 Å². The molecule has 90 valence electrons. The Balaban J connectivity index is 1.98. The lowest BCUT2D eigenvalue weighted by Crippen LogP contribution is -2.38. The number of ether oxygens (including phenoxy) is 1. The monoisotopic (exact) mass is 215 g/mol. The van der Waals surface area contributed by atoms with E-state index in [0.717, 1.165) is 39.1 Å². The van der Waals surface area contributed by atoms with Gasteiger partial charge >= 0.3 is 0 Å². The van der Waals surface area contributed by atoms with Gasteiger partial charge in [-0.2, -0.15) is 0 Å². The normalized spacial score (nSPS) is 20.4. The number of rotatable bonds is 7. The number of hydrogen-bond acceptors (Lipinski definition) is 3. The minimum atomic E-state index is -0.306. The highest BCUT2D eigenvalue weighted by molar-refractivity contribution is 4.68. The zero-order valence-electron chi connectivity index (χ0n) is 9.95. The summed E-state index contributed by atoms with van der Waals surface area (Å²) in [6.45, 7) is 6.50. The highest BCUT2D eigenvalue weighted by atomic mass is 16.5. The third-order valence-electron chi connectivity index (χ3n) is 2.87. The second-order valence-corrected chi connectivity index (χ2v) is 4.44. The van der Waals surface area contributed by atoms with E-state index in [9.17, 15) is 5.11 Å². The molecule has 0 spiro atoms. The van der Waals surface area contributed by atoms with Crippen LogP contribution < -0.4 is 0 Å². The maximum atomic E-state index is 9.73. The van der Waals surface area contributed by atoms with Crippen molar-refractivity contribution in [3.63, 3.8) is 0 Å². The lowest BCUT2D eigenvalue weighted by atomic mass is 10.1. The Morgan fingerprint density at radius 3 is 2.67 bits per heavy atom. The molecule has 0 bridgehead atoms. The van der Waals surface area contributed by atoms with E-state index in [4.69, 9.17) is 4.74 Å². The fourth-order valence-electron chi connectivity index (χ4n) is 1.96. The second kappa shape index (κ2) is 8.08. The molecule has 0 unspecified atom stereocenters. The molecule has 0 aliphatic carbocycles. The molecule has 3 heteroatoms. The van der Waals surface area contributed by atoms with Crippen LogP contribution in [0.4, 0.5) is 0 Å². The Bertz CT molecular complexity index is 147. The number of likely N-dealkylation sites (tertiary alicyclic amines) is 1. The van der Waals surface area contributed by atoms with Crippen molar-refractivity contribution in [2.75, 3.05) is 32.8 Å². The fourth-order valence-corrected chi connectivity index (χ4v) is 1.96. The molecule has 1 atom stereocenters. The van der Waals surface area contributed by atoms with E-state index in [1.807, 2.05) is 0 Å². The predicted octanol–water partition coefficient (Wildman–Crippen LogP) is 1.65. The Labute approximate surface area is 93.4 Å². The molecule has 0 aromatic carbocycles. The first-order chi connectivity index (χ1) is 7.33. The summed E-state index contributed by atoms with van der Waals surface area (Å²) in [4.78, 5) is 2.34. The summed E-state index contributed by atoms with van der Waals surface area (Å²) in [6, 6.07) is 0. The van der Waals surface area contributed by atoms with Crippen LogP contribution in [0.3, 0.4) is 0 Å². The summed E-state index contributed by atoms with van der Waals surface area (Å²) in [5.74, 6) is 0. The van der Waals surface area contributed by atoms with Crippen molar-refractivity contribution in [2.24, 2.45) is 0 Å². The van der Waals surface area contributed by atoms with Crippen LogP contribution in [-0.4, -0.2) is 49.0 Å². The first-order valence-electron chi connectivity index (χ1n) is 6.31. The lowest BCUT2D eigenvalue weighted by Gasteiger charge is -2.28. The minimum Gasteiger partial charge on any atom is -0.389 e. The molecule has 15 heavy (non-hydrogen) atoms. The fraction of sp³-hybridized carbons (Fsp3) is 1.00. The number of piperidine rings is 1. The molecular formula is C12H25NO2. The van der Waals surface area contributed by atoms with Gasteiger partial charge in [0.25, 0.3) is 0 Å². The van der Waals surface area contributed by atoms with Crippen LogP contribution in [-0.2, 0) is 4.74 Å². The van der Waals surface area contributed by atoms with Gasteiger partial charge in [-0.05, 0) is 32.4 Å². The Kier molecular flexibility index (Phi) is 6.98. The van der Waals surface area contributed by atoms with Crippen molar-refractivity contribution >= 4 is 0 Å². The van der Waals surface area contributed by atoms with Crippen molar-refractivity contribution in [1.29, 1.82) is 0 Å². The number of nitrogens with zero attached hydrogens (tertiary/aromatic N) is 1. The van der Waals surface area contributed by atoms with Gasteiger partial charge in [0, 0.05) is 13.2 Å². The number of aliphatic hydroxyl groups is 1. The maximum Gasteiger partial charge on any atom is 0.0900 e. The van der Waals surface area contributed by atoms with Gasteiger partial charge in [-0.25, -0.2) is 0 Å². The molecule has 0 amide bonds. The van der Waals surface area contributed by atoms with Crippen LogP contribution in [0.2, 0.25) is 0 Å². The van der Waals surface area contributed by atoms with Crippen LogP contribution in [0.1, 0.15) is 39.0 Å². The molecule has 3 nitrogen and oxygen atoms in total. The van der Waals surface area contributed by atoms with Crippen molar-refractivity contribution < 1.29 is 9.84 Å². The van der Waals surface area contributed by atoms with E-state index in [1.165, 1.54) is 19.3 Å². The molecular weight excluding hydrogens is 190 g/mol. The summed E-state index contributed by atoms with van der Waals surface area (Å²) in [5.41, 5.74) is 0. The van der Waals surface area contributed by atoms with Crippen LogP contribution in [0.5, 0.6) is 0 Å². The molecule has 1 N–H and O–H groups in total. The standard InChI is InChI=1S/C12H25NO2/c1-2-3-9-15-11-12(14)10-13-7-5-4-6-8-13/h12,14H,2-11H2,1H3/t12-/m1/s1. The Morgan fingerprint density at radius 2 is 2.00 bits per heavy atom. The number of unbranched alkanes of at least 4 members (excludes halogenated alkanes) is 1. The average Bonchev–Trinajstić information content (AvgIpc) is 2.26. The van der Waals surface area contributed by atoms with Crippen molar-refractivity contribution in [3.05, 3.63) is 0 Å².